The first-order valence-corrected chi connectivity index (χ1v) is 10.2. The van der Waals surface area contributed by atoms with E-state index in [4.69, 9.17) is 5.73 Å². The maximum Gasteiger partial charge on any atom is 0.283 e. The largest absolute Gasteiger partial charge is 0.366 e. The molecule has 1 heterocycles. The molecule has 148 valence electrons. The Labute approximate surface area is 174 Å². The zero-order valence-corrected chi connectivity index (χ0v) is 16.9. The number of nitrogens with zero attached hydrogens (tertiary/aromatic N) is 3. The number of nitrogens with two attached hydrogens (primary N) is 1. The minimum atomic E-state index is -0.755. The number of aromatic nitrogens is 1. The molecule has 2 amide bonds. The average molecular weight is 428 g/mol. The molecule has 29 heavy (non-hydrogen) atoms. The van der Waals surface area contributed by atoms with Crippen LogP contribution in [0.4, 0.5) is 16.5 Å². The van der Waals surface area contributed by atoms with Crippen LogP contribution in [0.5, 0.6) is 0 Å². The summed E-state index contributed by atoms with van der Waals surface area (Å²) < 4.78 is 0. The SMILES string of the molecule is Cc1csc(N(C(=O)CSc2ccc(C(N)=O)cc2[N+](=O)[O-])c2ccccc2)n1. The summed E-state index contributed by atoms with van der Waals surface area (Å²) in [5, 5.41) is 13.7. The topological polar surface area (TPSA) is 119 Å². The molecule has 0 aliphatic rings. The van der Waals surface area contributed by atoms with Crippen LogP contribution < -0.4 is 10.6 Å². The predicted molar refractivity (Wildman–Crippen MR) is 113 cm³/mol. The minimum absolute atomic E-state index is 0.0385. The third-order valence-electron chi connectivity index (χ3n) is 3.85. The van der Waals surface area contributed by atoms with Gasteiger partial charge in [-0.15, -0.1) is 23.1 Å². The number of para-hydroxylation sites is 1. The van der Waals surface area contributed by atoms with E-state index in [2.05, 4.69) is 4.98 Å². The van der Waals surface area contributed by atoms with Crippen molar-refractivity contribution in [2.45, 2.75) is 11.8 Å². The second kappa shape index (κ2) is 8.84. The van der Waals surface area contributed by atoms with Gasteiger partial charge >= 0.3 is 0 Å². The highest BCUT2D eigenvalue weighted by Crippen LogP contribution is 2.33. The first-order valence-electron chi connectivity index (χ1n) is 8.38. The molecule has 10 heteroatoms. The summed E-state index contributed by atoms with van der Waals surface area (Å²) in [6.45, 7) is 1.84. The molecule has 2 aromatic carbocycles. The maximum absolute atomic E-state index is 13.0. The van der Waals surface area contributed by atoms with Gasteiger partial charge in [0.1, 0.15) is 0 Å². The van der Waals surface area contributed by atoms with E-state index in [1.807, 2.05) is 30.5 Å². The summed E-state index contributed by atoms with van der Waals surface area (Å²) >= 11 is 2.36. The highest BCUT2D eigenvalue weighted by molar-refractivity contribution is 8.00. The Kier molecular flexibility index (Phi) is 6.25. The first-order chi connectivity index (χ1) is 13.9. The van der Waals surface area contributed by atoms with Gasteiger partial charge in [0.05, 0.1) is 27.0 Å². The molecule has 0 spiro atoms. The number of amides is 2. The normalized spacial score (nSPS) is 10.5. The first kappa shape index (κ1) is 20.5. The van der Waals surface area contributed by atoms with Crippen molar-refractivity contribution in [2.24, 2.45) is 5.73 Å². The summed E-state index contributed by atoms with van der Waals surface area (Å²) in [5.41, 5.74) is 6.41. The van der Waals surface area contributed by atoms with Crippen molar-refractivity contribution >= 4 is 51.4 Å². The molecule has 0 fully saturated rings. The number of nitro benzene ring substituents is 1. The van der Waals surface area contributed by atoms with Gasteiger partial charge in [0.2, 0.25) is 11.8 Å². The number of hydrogen-bond acceptors (Lipinski definition) is 7. The van der Waals surface area contributed by atoms with Gasteiger partial charge in [0, 0.05) is 17.0 Å². The molecule has 0 unspecified atom stereocenters. The molecule has 0 saturated carbocycles. The lowest BCUT2D eigenvalue weighted by atomic mass is 10.2. The van der Waals surface area contributed by atoms with Crippen LogP contribution in [-0.2, 0) is 4.79 Å². The number of nitro groups is 1. The molecule has 1 aromatic heterocycles. The maximum atomic E-state index is 13.0. The Bertz CT molecular complexity index is 1070. The van der Waals surface area contributed by atoms with E-state index in [0.29, 0.717) is 10.8 Å². The number of carbonyl (C=O) groups is 2. The van der Waals surface area contributed by atoms with E-state index in [-0.39, 0.29) is 27.8 Å². The van der Waals surface area contributed by atoms with E-state index in [1.54, 1.807) is 12.1 Å². The van der Waals surface area contributed by atoms with Crippen LogP contribution in [0.3, 0.4) is 0 Å². The van der Waals surface area contributed by atoms with Crippen molar-refractivity contribution in [1.82, 2.24) is 4.98 Å². The van der Waals surface area contributed by atoms with Gasteiger partial charge in [0.25, 0.3) is 5.69 Å². The quantitative estimate of drug-likeness (QED) is 0.346. The molecule has 3 aromatic rings. The Morgan fingerprint density at radius 2 is 1.97 bits per heavy atom. The predicted octanol–water partition coefficient (Wildman–Crippen LogP) is 3.92. The molecular formula is C19H16N4O4S2. The molecular weight excluding hydrogens is 412 g/mol. The molecule has 0 bridgehead atoms. The van der Waals surface area contributed by atoms with Crippen LogP contribution in [0.15, 0.2) is 58.8 Å². The van der Waals surface area contributed by atoms with Crippen molar-refractivity contribution in [3.05, 3.63) is 75.3 Å². The fourth-order valence-electron chi connectivity index (χ4n) is 2.52. The van der Waals surface area contributed by atoms with Gasteiger partial charge in [-0.05, 0) is 31.2 Å². The van der Waals surface area contributed by atoms with E-state index >= 15 is 0 Å². The molecule has 0 radical (unpaired) electrons. The van der Waals surface area contributed by atoms with Gasteiger partial charge in [-0.2, -0.15) is 0 Å². The Morgan fingerprint density at radius 1 is 1.24 bits per heavy atom. The molecule has 3 rings (SSSR count). The van der Waals surface area contributed by atoms with E-state index in [1.165, 1.54) is 28.4 Å². The van der Waals surface area contributed by atoms with E-state index in [9.17, 15) is 19.7 Å². The van der Waals surface area contributed by atoms with Crippen LogP contribution in [0.1, 0.15) is 16.1 Å². The fourth-order valence-corrected chi connectivity index (χ4v) is 4.21. The van der Waals surface area contributed by atoms with Gasteiger partial charge in [-0.1, -0.05) is 18.2 Å². The Morgan fingerprint density at radius 3 is 2.55 bits per heavy atom. The molecule has 0 saturated heterocycles. The Balaban J connectivity index is 1.86. The lowest BCUT2D eigenvalue weighted by Crippen LogP contribution is -2.27. The zero-order chi connectivity index (χ0) is 21.0. The number of aryl methyl sites for hydroxylation is 1. The minimum Gasteiger partial charge on any atom is -0.366 e. The summed E-state index contributed by atoms with van der Waals surface area (Å²) in [5.74, 6) is -1.08. The number of hydrogen-bond donors (Lipinski definition) is 1. The Hall–Kier alpha value is -3.24. The lowest BCUT2D eigenvalue weighted by molar-refractivity contribution is -0.387. The highest BCUT2D eigenvalue weighted by Gasteiger charge is 2.23. The molecule has 0 atom stereocenters. The second-order valence-electron chi connectivity index (χ2n) is 5.93. The molecule has 0 aliphatic heterocycles. The number of thiazole rings is 1. The molecule has 0 aliphatic carbocycles. The van der Waals surface area contributed by atoms with Crippen molar-refractivity contribution in [3.63, 3.8) is 0 Å². The van der Waals surface area contributed by atoms with Gasteiger partial charge < -0.3 is 5.73 Å². The number of thioether (sulfide) groups is 1. The van der Waals surface area contributed by atoms with Crippen molar-refractivity contribution in [1.29, 1.82) is 0 Å². The molecule has 2 N–H and O–H groups in total. The van der Waals surface area contributed by atoms with Gasteiger partial charge in [-0.25, -0.2) is 4.98 Å². The molecule has 8 nitrogen and oxygen atoms in total. The number of benzene rings is 2. The number of rotatable bonds is 7. The van der Waals surface area contributed by atoms with Crippen molar-refractivity contribution in [3.8, 4) is 0 Å². The van der Waals surface area contributed by atoms with Crippen LogP contribution in [-0.4, -0.2) is 27.5 Å². The van der Waals surface area contributed by atoms with Crippen molar-refractivity contribution in [2.75, 3.05) is 10.7 Å². The third-order valence-corrected chi connectivity index (χ3v) is 5.84. The number of primary amides is 1. The number of carbonyl (C=O) groups excluding carboxylic acids is 2. The van der Waals surface area contributed by atoms with Crippen LogP contribution >= 0.6 is 23.1 Å². The highest BCUT2D eigenvalue weighted by atomic mass is 32.2. The van der Waals surface area contributed by atoms with Crippen LogP contribution in [0, 0.1) is 17.0 Å². The van der Waals surface area contributed by atoms with Gasteiger partial charge in [-0.3, -0.25) is 24.6 Å². The fraction of sp³-hybridized carbons (Fsp3) is 0.105. The monoisotopic (exact) mass is 428 g/mol. The standard InChI is InChI=1S/C19H16N4O4S2/c1-12-10-29-19(21-12)22(14-5-3-2-4-6-14)17(24)11-28-16-8-7-13(18(20)25)9-15(16)23(26)27/h2-10H,11H2,1H3,(H2,20,25). The van der Waals surface area contributed by atoms with Crippen molar-refractivity contribution < 1.29 is 14.5 Å². The lowest BCUT2D eigenvalue weighted by Gasteiger charge is -2.19. The third kappa shape index (κ3) is 4.79. The van der Waals surface area contributed by atoms with E-state index < -0.39 is 10.8 Å². The summed E-state index contributed by atoms with van der Waals surface area (Å²) in [4.78, 5) is 41.2. The van der Waals surface area contributed by atoms with Gasteiger partial charge in [0.15, 0.2) is 5.13 Å². The summed E-state index contributed by atoms with van der Waals surface area (Å²) in [6.07, 6.45) is 0. The van der Waals surface area contributed by atoms with Crippen LogP contribution in [0.2, 0.25) is 0 Å². The smallest absolute Gasteiger partial charge is 0.283 e. The second-order valence-corrected chi connectivity index (χ2v) is 7.78. The average Bonchev–Trinajstić information content (AvgIpc) is 3.12. The number of anilines is 2. The van der Waals surface area contributed by atoms with Crippen LogP contribution in [0.25, 0.3) is 0 Å². The van der Waals surface area contributed by atoms with E-state index in [0.717, 1.165) is 23.5 Å². The zero-order valence-electron chi connectivity index (χ0n) is 15.3. The summed E-state index contributed by atoms with van der Waals surface area (Å²) in [6, 6.07) is 13.0. The summed E-state index contributed by atoms with van der Waals surface area (Å²) in [7, 11) is 0.